The van der Waals surface area contributed by atoms with E-state index >= 15 is 0 Å². The molecule has 0 spiro atoms. The van der Waals surface area contributed by atoms with E-state index < -0.39 is 6.29 Å². The smallest absolute Gasteiger partial charge is 0.225 e. The van der Waals surface area contributed by atoms with E-state index in [-0.39, 0.29) is 18.4 Å². The first-order valence-electron chi connectivity index (χ1n) is 8.05. The van der Waals surface area contributed by atoms with Gasteiger partial charge in [0.25, 0.3) is 0 Å². The number of hydrogen-bond donors (Lipinski definition) is 1. The second kappa shape index (κ2) is 7.11. The molecule has 1 aromatic rings. The number of hydrogen-bond acceptors (Lipinski definition) is 4. The van der Waals surface area contributed by atoms with Crippen molar-refractivity contribution in [2.45, 2.75) is 44.9 Å². The molecule has 1 atom stereocenters. The third-order valence-electron chi connectivity index (χ3n) is 4.12. The Bertz CT molecular complexity index is 525. The van der Waals surface area contributed by atoms with Crippen LogP contribution in [0.2, 0.25) is 0 Å². The molecule has 2 heterocycles. The summed E-state index contributed by atoms with van der Waals surface area (Å²) >= 11 is 0. The molecular weight excluding hydrogens is 282 g/mol. The van der Waals surface area contributed by atoms with Gasteiger partial charge in [0.1, 0.15) is 5.75 Å². The highest BCUT2D eigenvalue weighted by atomic mass is 16.7. The van der Waals surface area contributed by atoms with E-state index in [2.05, 4.69) is 18.3 Å². The Labute approximate surface area is 130 Å². The summed E-state index contributed by atoms with van der Waals surface area (Å²) in [5.74, 6) is 0.901. The zero-order valence-electron chi connectivity index (χ0n) is 13.0. The molecule has 0 aliphatic carbocycles. The maximum atomic E-state index is 12.2. The molecule has 0 unspecified atom stereocenters. The molecule has 1 fully saturated rings. The number of ether oxygens (including phenoxy) is 3. The van der Waals surface area contributed by atoms with E-state index in [1.165, 1.54) is 5.56 Å². The fraction of sp³-hybridized carbons (Fsp3) is 0.588. The largest absolute Gasteiger partial charge is 0.493 e. The van der Waals surface area contributed by atoms with Crippen LogP contribution in [0.4, 0.5) is 0 Å². The van der Waals surface area contributed by atoms with E-state index in [1.54, 1.807) is 0 Å². The van der Waals surface area contributed by atoms with Crippen molar-refractivity contribution in [3.63, 3.8) is 0 Å². The minimum atomic E-state index is -0.407. The topological polar surface area (TPSA) is 56.8 Å². The monoisotopic (exact) mass is 305 g/mol. The van der Waals surface area contributed by atoms with Crippen LogP contribution in [0, 0.1) is 0 Å². The minimum Gasteiger partial charge on any atom is -0.493 e. The lowest BCUT2D eigenvalue weighted by molar-refractivity contribution is -0.184. The van der Waals surface area contributed by atoms with Gasteiger partial charge >= 0.3 is 0 Å². The maximum Gasteiger partial charge on any atom is 0.225 e. The van der Waals surface area contributed by atoms with Gasteiger partial charge in [0.2, 0.25) is 5.91 Å². The van der Waals surface area contributed by atoms with Crippen molar-refractivity contribution < 1.29 is 19.0 Å². The average Bonchev–Trinajstić information content (AvgIpc) is 2.55. The Balaban J connectivity index is 1.65. The van der Waals surface area contributed by atoms with Crippen molar-refractivity contribution in [3.8, 4) is 5.75 Å². The summed E-state index contributed by atoms with van der Waals surface area (Å²) in [5, 5.41) is 3.09. The fourth-order valence-corrected chi connectivity index (χ4v) is 2.98. The van der Waals surface area contributed by atoms with E-state index in [1.807, 2.05) is 12.1 Å². The van der Waals surface area contributed by atoms with E-state index in [9.17, 15) is 4.79 Å². The highest BCUT2D eigenvalue weighted by Crippen LogP contribution is 2.35. The van der Waals surface area contributed by atoms with Crippen LogP contribution >= 0.6 is 0 Å². The van der Waals surface area contributed by atoms with E-state index in [0.717, 1.165) is 30.6 Å². The Morgan fingerprint density at radius 3 is 2.86 bits per heavy atom. The number of carbonyl (C=O) groups excluding carboxylic acids is 1. The highest BCUT2D eigenvalue weighted by molar-refractivity contribution is 5.77. The Morgan fingerprint density at radius 2 is 2.09 bits per heavy atom. The molecule has 0 radical (unpaired) electrons. The summed E-state index contributed by atoms with van der Waals surface area (Å²) in [6.07, 6.45) is 2.45. The van der Waals surface area contributed by atoms with Crippen LogP contribution in [0.5, 0.6) is 5.75 Å². The molecule has 3 rings (SSSR count). The van der Waals surface area contributed by atoms with Crippen LogP contribution in [0.15, 0.2) is 18.2 Å². The number of fused-ring (bicyclic) bond motifs is 1. The molecule has 0 aromatic heterocycles. The molecular formula is C17H23NO4. The molecule has 1 amide bonds. The summed E-state index contributed by atoms with van der Waals surface area (Å²) in [4.78, 5) is 12.2. The number of rotatable bonds is 4. The third-order valence-corrected chi connectivity index (χ3v) is 4.12. The first kappa shape index (κ1) is 15.3. The van der Waals surface area contributed by atoms with Crippen molar-refractivity contribution in [1.29, 1.82) is 0 Å². The van der Waals surface area contributed by atoms with E-state index in [0.29, 0.717) is 19.8 Å². The molecule has 0 bridgehead atoms. The van der Waals surface area contributed by atoms with Gasteiger partial charge in [-0.05, 0) is 18.4 Å². The molecule has 5 heteroatoms. The molecule has 1 saturated heterocycles. The van der Waals surface area contributed by atoms with Crippen molar-refractivity contribution in [3.05, 3.63) is 29.3 Å². The normalized spacial score (nSPS) is 21.8. The Hall–Kier alpha value is -1.59. The predicted molar refractivity (Wildman–Crippen MR) is 81.7 cm³/mol. The van der Waals surface area contributed by atoms with Crippen LogP contribution in [-0.2, 0) is 20.7 Å². The number of para-hydroxylation sites is 1. The number of aryl methyl sites for hydroxylation is 1. The van der Waals surface area contributed by atoms with Crippen LogP contribution in [0.1, 0.15) is 43.4 Å². The summed E-state index contributed by atoms with van der Waals surface area (Å²) < 4.78 is 16.7. The molecule has 1 aromatic carbocycles. The quantitative estimate of drug-likeness (QED) is 0.927. The number of benzene rings is 1. The number of carbonyl (C=O) groups is 1. The van der Waals surface area contributed by atoms with Crippen LogP contribution in [0.25, 0.3) is 0 Å². The lowest BCUT2D eigenvalue weighted by atomic mass is 9.96. The molecule has 2 aliphatic rings. The van der Waals surface area contributed by atoms with Crippen molar-refractivity contribution >= 4 is 5.91 Å². The van der Waals surface area contributed by atoms with Gasteiger partial charge < -0.3 is 19.5 Å². The van der Waals surface area contributed by atoms with Gasteiger partial charge in [-0.25, -0.2) is 0 Å². The minimum absolute atomic E-state index is 0.00587. The zero-order valence-corrected chi connectivity index (χ0v) is 13.0. The van der Waals surface area contributed by atoms with Gasteiger partial charge in [-0.1, -0.05) is 25.1 Å². The van der Waals surface area contributed by atoms with Crippen molar-refractivity contribution in [2.75, 3.05) is 19.8 Å². The fourth-order valence-electron chi connectivity index (χ4n) is 2.98. The molecule has 2 aliphatic heterocycles. The summed E-state index contributed by atoms with van der Waals surface area (Å²) in [7, 11) is 0. The summed E-state index contributed by atoms with van der Waals surface area (Å²) in [5.41, 5.74) is 2.26. The van der Waals surface area contributed by atoms with Crippen LogP contribution in [0.3, 0.4) is 0 Å². The number of amides is 1. The van der Waals surface area contributed by atoms with Gasteiger partial charge in [-0.15, -0.1) is 0 Å². The standard InChI is InChI=1S/C17H23NO4/c1-2-12-5-3-6-13-14(7-10-22-17(12)13)18-15(19)11-16-20-8-4-9-21-16/h3,5-6,14,16H,2,4,7-11H2,1H3,(H,18,19)/t14-/m1/s1. The van der Waals surface area contributed by atoms with Gasteiger partial charge in [0.15, 0.2) is 6.29 Å². The molecule has 22 heavy (non-hydrogen) atoms. The molecule has 120 valence electrons. The lowest BCUT2D eigenvalue weighted by Crippen LogP contribution is -2.36. The SMILES string of the molecule is CCc1cccc2c1OCC[C@H]2NC(=O)CC1OCCCO1. The highest BCUT2D eigenvalue weighted by Gasteiger charge is 2.26. The number of nitrogens with one attached hydrogen (secondary N) is 1. The molecule has 1 N–H and O–H groups in total. The lowest BCUT2D eigenvalue weighted by Gasteiger charge is -2.29. The third kappa shape index (κ3) is 3.42. The average molecular weight is 305 g/mol. The Morgan fingerprint density at radius 1 is 1.27 bits per heavy atom. The van der Waals surface area contributed by atoms with Crippen molar-refractivity contribution in [1.82, 2.24) is 5.32 Å². The van der Waals surface area contributed by atoms with Crippen LogP contribution in [-0.4, -0.2) is 32.0 Å². The molecule has 0 saturated carbocycles. The summed E-state index contributed by atoms with van der Waals surface area (Å²) in [6, 6.07) is 6.14. The molecule has 5 nitrogen and oxygen atoms in total. The van der Waals surface area contributed by atoms with Gasteiger partial charge in [-0.2, -0.15) is 0 Å². The van der Waals surface area contributed by atoms with Gasteiger partial charge in [0, 0.05) is 12.0 Å². The van der Waals surface area contributed by atoms with Gasteiger partial charge in [-0.3, -0.25) is 4.79 Å². The van der Waals surface area contributed by atoms with E-state index in [4.69, 9.17) is 14.2 Å². The van der Waals surface area contributed by atoms with Crippen LogP contribution < -0.4 is 10.1 Å². The first-order chi connectivity index (χ1) is 10.8. The van der Waals surface area contributed by atoms with Gasteiger partial charge in [0.05, 0.1) is 32.3 Å². The first-order valence-corrected chi connectivity index (χ1v) is 8.05. The Kier molecular flexibility index (Phi) is 4.95. The van der Waals surface area contributed by atoms with Crippen molar-refractivity contribution in [2.24, 2.45) is 0 Å². The second-order valence-corrected chi connectivity index (χ2v) is 5.68. The predicted octanol–water partition coefficient (Wildman–Crippen LogP) is 2.34. The maximum absolute atomic E-state index is 12.2. The second-order valence-electron chi connectivity index (χ2n) is 5.68. The summed E-state index contributed by atoms with van der Waals surface area (Å²) in [6.45, 7) is 4.07. The zero-order chi connectivity index (χ0) is 15.4.